The van der Waals surface area contributed by atoms with Gasteiger partial charge < -0.3 is 11.5 Å². The number of nitrogens with zero attached hydrogens (tertiary/aromatic N) is 1. The molecule has 6 heteroatoms. The minimum absolute atomic E-state index is 0.0912. The van der Waals surface area contributed by atoms with Crippen molar-refractivity contribution >= 4 is 9.84 Å². The zero-order valence-electron chi connectivity index (χ0n) is 10.3. The van der Waals surface area contributed by atoms with Crippen LogP contribution in [0.2, 0.25) is 0 Å². The largest absolute Gasteiger partial charge is 0.330 e. The van der Waals surface area contributed by atoms with Crippen LogP contribution in [0.15, 0.2) is 0 Å². The van der Waals surface area contributed by atoms with Crippen LogP contribution < -0.4 is 11.5 Å². The first kappa shape index (κ1) is 13.3. The third-order valence-electron chi connectivity index (χ3n) is 4.45. The molecule has 0 aliphatic carbocycles. The standard InChI is InChI=1S/C11H23N3O2S/c12-8-11(9-13)2-4-14(5-3-11)10-1-6-17(15,16)7-10/h10H,1-9,12-13H2. The maximum Gasteiger partial charge on any atom is 0.151 e. The second-order valence-electron chi connectivity index (χ2n) is 5.50. The third kappa shape index (κ3) is 2.81. The lowest BCUT2D eigenvalue weighted by Gasteiger charge is -2.42. The summed E-state index contributed by atoms with van der Waals surface area (Å²) in [6, 6.07) is 0.230. The maximum absolute atomic E-state index is 11.5. The highest BCUT2D eigenvalue weighted by atomic mass is 32.2. The molecule has 2 fully saturated rings. The van der Waals surface area contributed by atoms with Crippen LogP contribution in [0.4, 0.5) is 0 Å². The third-order valence-corrected chi connectivity index (χ3v) is 6.20. The van der Waals surface area contributed by atoms with Gasteiger partial charge in [-0.25, -0.2) is 8.42 Å². The molecule has 1 unspecified atom stereocenters. The molecular formula is C11H23N3O2S. The molecule has 0 amide bonds. The molecule has 2 rings (SSSR count). The molecule has 0 spiro atoms. The summed E-state index contributed by atoms with van der Waals surface area (Å²) in [6.07, 6.45) is 2.79. The predicted octanol–water partition coefficient (Wildman–Crippen LogP) is -0.827. The van der Waals surface area contributed by atoms with E-state index in [2.05, 4.69) is 4.90 Å². The summed E-state index contributed by atoms with van der Waals surface area (Å²) in [4.78, 5) is 2.31. The van der Waals surface area contributed by atoms with Gasteiger partial charge in [0.2, 0.25) is 0 Å². The first-order valence-electron chi connectivity index (χ1n) is 6.35. The number of likely N-dealkylation sites (tertiary alicyclic amines) is 1. The minimum atomic E-state index is -2.78. The van der Waals surface area contributed by atoms with Gasteiger partial charge in [-0.1, -0.05) is 0 Å². The Bertz CT molecular complexity index is 355. The summed E-state index contributed by atoms with van der Waals surface area (Å²) in [7, 11) is -2.78. The first-order chi connectivity index (χ1) is 8.00. The van der Waals surface area contributed by atoms with Crippen molar-refractivity contribution < 1.29 is 8.42 Å². The van der Waals surface area contributed by atoms with E-state index >= 15 is 0 Å². The molecule has 4 N–H and O–H groups in total. The molecule has 0 bridgehead atoms. The average Bonchev–Trinajstić information content (AvgIpc) is 2.70. The Kier molecular flexibility index (Phi) is 3.77. The van der Waals surface area contributed by atoms with Crippen LogP contribution in [0.3, 0.4) is 0 Å². The lowest BCUT2D eigenvalue weighted by Crippen LogP contribution is -2.50. The van der Waals surface area contributed by atoms with Gasteiger partial charge in [-0.15, -0.1) is 0 Å². The van der Waals surface area contributed by atoms with Gasteiger partial charge in [-0.05, 0) is 50.9 Å². The highest BCUT2D eigenvalue weighted by Crippen LogP contribution is 2.31. The van der Waals surface area contributed by atoms with E-state index in [0.717, 1.165) is 32.4 Å². The molecule has 0 aromatic heterocycles. The topological polar surface area (TPSA) is 89.4 Å². The smallest absolute Gasteiger partial charge is 0.151 e. The quantitative estimate of drug-likeness (QED) is 0.692. The molecular weight excluding hydrogens is 238 g/mol. The number of rotatable bonds is 3. The van der Waals surface area contributed by atoms with Gasteiger partial charge in [-0.2, -0.15) is 0 Å². The zero-order valence-corrected chi connectivity index (χ0v) is 11.1. The van der Waals surface area contributed by atoms with Gasteiger partial charge in [-0.3, -0.25) is 4.90 Å². The molecule has 0 saturated carbocycles. The molecule has 17 heavy (non-hydrogen) atoms. The van der Waals surface area contributed by atoms with E-state index in [1.165, 1.54) is 0 Å². The molecule has 0 aromatic carbocycles. The Labute approximate surface area is 103 Å². The summed E-state index contributed by atoms with van der Waals surface area (Å²) in [5, 5.41) is 0. The summed E-state index contributed by atoms with van der Waals surface area (Å²) < 4.78 is 22.9. The Morgan fingerprint density at radius 2 is 1.76 bits per heavy atom. The van der Waals surface area contributed by atoms with Gasteiger partial charge in [0.1, 0.15) is 0 Å². The van der Waals surface area contributed by atoms with Crippen LogP contribution >= 0.6 is 0 Å². The van der Waals surface area contributed by atoms with Crippen LogP contribution in [-0.4, -0.2) is 57.0 Å². The second kappa shape index (κ2) is 4.84. The second-order valence-corrected chi connectivity index (χ2v) is 7.73. The fourth-order valence-corrected chi connectivity index (χ4v) is 4.68. The highest BCUT2D eigenvalue weighted by Gasteiger charge is 2.38. The monoisotopic (exact) mass is 261 g/mol. The molecule has 2 aliphatic heterocycles. The summed E-state index contributed by atoms with van der Waals surface area (Å²) in [5.74, 6) is 0.693. The summed E-state index contributed by atoms with van der Waals surface area (Å²) in [6.45, 7) is 3.16. The van der Waals surface area contributed by atoms with E-state index in [1.54, 1.807) is 0 Å². The minimum Gasteiger partial charge on any atom is -0.330 e. The lowest BCUT2D eigenvalue weighted by molar-refractivity contribution is 0.0898. The fraction of sp³-hybridized carbons (Fsp3) is 1.00. The number of hydrogen-bond acceptors (Lipinski definition) is 5. The summed E-state index contributed by atoms with van der Waals surface area (Å²) in [5.41, 5.74) is 11.7. The van der Waals surface area contributed by atoms with Crippen molar-refractivity contribution in [3.05, 3.63) is 0 Å². The van der Waals surface area contributed by atoms with Gasteiger partial charge in [0.25, 0.3) is 0 Å². The van der Waals surface area contributed by atoms with E-state index in [1.807, 2.05) is 0 Å². The molecule has 100 valence electrons. The van der Waals surface area contributed by atoms with Gasteiger partial charge in [0, 0.05) is 6.04 Å². The molecule has 0 radical (unpaired) electrons. The number of hydrogen-bond donors (Lipinski definition) is 2. The van der Waals surface area contributed by atoms with Crippen molar-refractivity contribution in [1.29, 1.82) is 0 Å². The number of sulfone groups is 1. The van der Waals surface area contributed by atoms with Crippen molar-refractivity contribution in [1.82, 2.24) is 4.90 Å². The molecule has 2 saturated heterocycles. The van der Waals surface area contributed by atoms with Crippen LogP contribution in [0.1, 0.15) is 19.3 Å². The van der Waals surface area contributed by atoms with E-state index in [9.17, 15) is 8.42 Å². The van der Waals surface area contributed by atoms with Crippen molar-refractivity contribution in [2.45, 2.75) is 25.3 Å². The highest BCUT2D eigenvalue weighted by molar-refractivity contribution is 7.91. The van der Waals surface area contributed by atoms with Crippen LogP contribution in [0, 0.1) is 5.41 Å². The van der Waals surface area contributed by atoms with Gasteiger partial charge >= 0.3 is 0 Å². The zero-order chi connectivity index (χ0) is 12.5. The fourth-order valence-electron chi connectivity index (χ4n) is 2.92. The van der Waals surface area contributed by atoms with E-state index in [4.69, 9.17) is 11.5 Å². The Morgan fingerprint density at radius 3 is 2.18 bits per heavy atom. The Morgan fingerprint density at radius 1 is 1.18 bits per heavy atom. The molecule has 1 atom stereocenters. The molecule has 0 aromatic rings. The lowest BCUT2D eigenvalue weighted by atomic mass is 9.78. The van der Waals surface area contributed by atoms with Crippen molar-refractivity contribution in [2.75, 3.05) is 37.7 Å². The van der Waals surface area contributed by atoms with Gasteiger partial charge in [0.05, 0.1) is 11.5 Å². The normalized spacial score (nSPS) is 32.7. The molecule has 5 nitrogen and oxygen atoms in total. The summed E-state index contributed by atoms with van der Waals surface area (Å²) >= 11 is 0. The van der Waals surface area contributed by atoms with Crippen molar-refractivity contribution in [3.8, 4) is 0 Å². The predicted molar refractivity (Wildman–Crippen MR) is 68.4 cm³/mol. The average molecular weight is 261 g/mol. The van der Waals surface area contributed by atoms with E-state index in [-0.39, 0.29) is 11.5 Å². The number of piperidine rings is 1. The maximum atomic E-state index is 11.5. The number of nitrogens with two attached hydrogens (primary N) is 2. The SMILES string of the molecule is NCC1(CN)CCN(C2CCS(=O)(=O)C2)CC1. The van der Waals surface area contributed by atoms with Crippen LogP contribution in [0.25, 0.3) is 0 Å². The Hall–Kier alpha value is -0.170. The van der Waals surface area contributed by atoms with Crippen molar-refractivity contribution in [3.63, 3.8) is 0 Å². The van der Waals surface area contributed by atoms with Crippen molar-refractivity contribution in [2.24, 2.45) is 16.9 Å². The van der Waals surface area contributed by atoms with E-state index < -0.39 is 9.84 Å². The molecule has 2 heterocycles. The Balaban J connectivity index is 1.92. The van der Waals surface area contributed by atoms with E-state index in [0.29, 0.717) is 24.6 Å². The first-order valence-corrected chi connectivity index (χ1v) is 8.17. The molecule has 2 aliphatic rings. The van der Waals surface area contributed by atoms with Crippen LogP contribution in [0.5, 0.6) is 0 Å². The van der Waals surface area contributed by atoms with Crippen LogP contribution in [-0.2, 0) is 9.84 Å². The van der Waals surface area contributed by atoms with Gasteiger partial charge in [0.15, 0.2) is 9.84 Å².